The number of ether oxygens (including phenoxy) is 2. The van der Waals surface area contributed by atoms with Gasteiger partial charge in [-0.25, -0.2) is 29.5 Å². The van der Waals surface area contributed by atoms with Gasteiger partial charge in [-0.05, 0) is 91.5 Å². The number of alkyl halides is 9. The molecule has 426 valence electrons. The zero-order chi connectivity index (χ0) is 56.8. The van der Waals surface area contributed by atoms with Crippen LogP contribution in [0.1, 0.15) is 74.7 Å². The molecule has 2 atom stereocenters. The van der Waals surface area contributed by atoms with Crippen molar-refractivity contribution >= 4 is 76.4 Å². The summed E-state index contributed by atoms with van der Waals surface area (Å²) in [6.07, 6.45) is 8.38. The summed E-state index contributed by atoms with van der Waals surface area (Å²) in [6.45, 7) is 12.2. The van der Waals surface area contributed by atoms with E-state index in [9.17, 15) is 79.5 Å². The van der Waals surface area contributed by atoms with E-state index in [0.717, 1.165) is 49.5 Å². The van der Waals surface area contributed by atoms with Gasteiger partial charge in [0.25, 0.3) is 0 Å². The van der Waals surface area contributed by atoms with Crippen molar-refractivity contribution in [2.24, 2.45) is 0 Å². The molecule has 3 N–H and O–H groups in total. The summed E-state index contributed by atoms with van der Waals surface area (Å²) >= 11 is 0. The second kappa shape index (κ2) is 21.9. The summed E-state index contributed by atoms with van der Waals surface area (Å²) < 4.78 is 197. The molecule has 6 aromatic rings. The Morgan fingerprint density at radius 3 is 1.40 bits per heavy atom. The fourth-order valence-electron chi connectivity index (χ4n) is 7.17. The number of phenols is 1. The maximum atomic E-state index is 12.7. The lowest BCUT2D eigenvalue weighted by atomic mass is 10.1. The molecule has 2 aliphatic rings. The van der Waals surface area contributed by atoms with Crippen molar-refractivity contribution in [1.29, 1.82) is 0 Å². The molecule has 2 saturated heterocycles. The Labute approximate surface area is 431 Å². The summed E-state index contributed by atoms with van der Waals surface area (Å²) in [5.41, 5.74) is -16.4. The topological polar surface area (TPSA) is 310 Å². The predicted molar refractivity (Wildman–Crippen MR) is 251 cm³/mol. The van der Waals surface area contributed by atoms with Crippen molar-refractivity contribution in [3.8, 4) is 34.0 Å². The van der Waals surface area contributed by atoms with E-state index >= 15 is 0 Å². The number of carbonyl (C=O) groups excluding carboxylic acids is 2. The number of imidazole rings is 2. The zero-order valence-electron chi connectivity index (χ0n) is 40.0. The number of rotatable bonds is 10. The Hall–Kier alpha value is -6.88. The Balaban J connectivity index is 0.000000228. The highest BCUT2D eigenvalue weighted by Gasteiger charge is 2.57. The van der Waals surface area contributed by atoms with Gasteiger partial charge < -0.3 is 47.4 Å². The number of aromatic hydroxyl groups is 1. The SMILES string of the molecule is C.CC(C)(C)OC(=O)C1CCCN1c1ncc(-c2ccc(O)c3ncoc23)[nH]1.CC(C)(C)OC(=O)C1CCCN1c1ncc(-c2ccc(OS(=O)(=O)C(F)(F)F)c3ncoc23)[nH]1.O=S(=O)(OS(=O)(=O)C(F)(F)F)C(F)(F)F. The molecule has 2 aromatic carbocycles. The van der Waals surface area contributed by atoms with Crippen LogP contribution in [0.2, 0.25) is 0 Å². The van der Waals surface area contributed by atoms with E-state index in [0.29, 0.717) is 47.2 Å². The van der Waals surface area contributed by atoms with Gasteiger partial charge >= 0.3 is 58.8 Å². The number of aromatic amines is 2. The second-order valence-electron chi connectivity index (χ2n) is 18.2. The molecule has 0 radical (unpaired) electrons. The Morgan fingerprint density at radius 1 is 0.610 bits per heavy atom. The van der Waals surface area contributed by atoms with Crippen molar-refractivity contribution in [2.75, 3.05) is 22.9 Å². The van der Waals surface area contributed by atoms with Gasteiger partial charge in [0.1, 0.15) is 29.0 Å². The minimum atomic E-state index is -6.85. The smallest absolute Gasteiger partial charge is 0.506 e. The number of aromatic nitrogens is 6. The summed E-state index contributed by atoms with van der Waals surface area (Å²) in [5.74, 6) is -0.163. The third kappa shape index (κ3) is 14.0. The minimum Gasteiger partial charge on any atom is -0.506 e. The highest BCUT2D eigenvalue weighted by molar-refractivity contribution is 8.00. The fraction of sp³-hybridized carbons (Fsp3) is 0.476. The summed E-state index contributed by atoms with van der Waals surface area (Å²) in [5, 5.41) is 9.89. The number of phenolic OH excluding ortho intramolecular Hbond substituents is 1. The summed E-state index contributed by atoms with van der Waals surface area (Å²) in [4.78, 5) is 51.8. The molecule has 23 nitrogen and oxygen atoms in total. The molecule has 0 bridgehead atoms. The van der Waals surface area contributed by atoms with Crippen molar-refractivity contribution in [2.45, 2.75) is 114 Å². The van der Waals surface area contributed by atoms with Gasteiger partial charge in [0.05, 0.1) is 23.8 Å². The monoisotopic (exact) mass is 1170 g/mol. The zero-order valence-corrected chi connectivity index (χ0v) is 42.4. The molecule has 8 rings (SSSR count). The van der Waals surface area contributed by atoms with Gasteiger partial charge in [0.2, 0.25) is 11.9 Å². The standard InChI is InChI=1S/C20H21F3N4O6S.C19H22N4O4.C2F6O5S2.CH4/c1-19(2,3)32-17(28)13-5-4-8-27(13)18-24-9-12(26-18)11-6-7-14(15-16(11)31-10-25-15)33-34(29,30)20(21,22)23;1-19(2,3)27-17(25)13-5-4-8-23(13)18-20-9-12(22-18)11-6-7-14(24)15-16(11)26-10-21-15;3-1(4,5)14(9,10)13-15(11,12)2(6,7)8;/h6-7,9-10,13H,4-5,8H2,1-3H3,(H,24,26);6-7,9-10,13,24H,4-5,8H2,1-3H3,(H,20,22);;1H4. The average Bonchev–Trinajstić information content (AvgIpc) is 4.13. The van der Waals surface area contributed by atoms with E-state index in [4.69, 9.17) is 18.3 Å². The van der Waals surface area contributed by atoms with E-state index in [-0.39, 0.29) is 42.3 Å². The number of benzene rings is 2. The normalized spacial score (nSPS) is 16.8. The van der Waals surface area contributed by atoms with Crippen molar-refractivity contribution in [3.63, 3.8) is 0 Å². The highest BCUT2D eigenvalue weighted by atomic mass is 32.3. The van der Waals surface area contributed by atoms with Crippen LogP contribution in [-0.4, -0.2) is 125 Å². The number of anilines is 2. The van der Waals surface area contributed by atoms with Crippen molar-refractivity contribution in [1.82, 2.24) is 29.9 Å². The quantitative estimate of drug-likeness (QED) is 0.0502. The molecular weight excluding hydrogens is 1120 g/mol. The van der Waals surface area contributed by atoms with E-state index < -0.39 is 69.9 Å². The fourth-order valence-corrected chi connectivity index (χ4v) is 9.20. The van der Waals surface area contributed by atoms with Crippen LogP contribution in [0.3, 0.4) is 0 Å². The molecule has 2 fully saturated rings. The number of oxazole rings is 2. The molecule has 0 amide bonds. The Bertz CT molecular complexity index is 3390. The first-order valence-electron chi connectivity index (χ1n) is 21.7. The van der Waals surface area contributed by atoms with Crippen LogP contribution in [0, 0.1) is 0 Å². The number of hydrogen-bond acceptors (Lipinski definition) is 21. The van der Waals surface area contributed by atoms with Crippen molar-refractivity contribution in [3.05, 3.63) is 49.4 Å². The number of nitrogens with one attached hydrogen (secondary N) is 2. The number of nitrogens with zero attached hydrogens (tertiary/aromatic N) is 6. The third-order valence-corrected chi connectivity index (χ3v) is 13.8. The van der Waals surface area contributed by atoms with Gasteiger partial charge in [-0.3, -0.25) is 0 Å². The van der Waals surface area contributed by atoms with Gasteiger partial charge in [0.15, 0.2) is 40.7 Å². The first-order valence-corrected chi connectivity index (χ1v) is 25.9. The Kier molecular flexibility index (Phi) is 17.3. The first kappa shape index (κ1) is 61.0. The number of hydrogen-bond donors (Lipinski definition) is 3. The summed E-state index contributed by atoms with van der Waals surface area (Å²) in [6, 6.07) is 4.81. The number of fused-ring (bicyclic) bond motifs is 2. The molecular formula is C42H47F9N8O15S3. The Morgan fingerprint density at radius 2 is 1.00 bits per heavy atom. The molecule has 0 aliphatic carbocycles. The number of halogens is 9. The molecule has 77 heavy (non-hydrogen) atoms. The minimum absolute atomic E-state index is 0. The lowest BCUT2D eigenvalue weighted by Gasteiger charge is -2.27. The van der Waals surface area contributed by atoms with Crippen LogP contribution in [0.25, 0.3) is 44.7 Å². The highest BCUT2D eigenvalue weighted by Crippen LogP contribution is 2.39. The molecule has 0 spiro atoms. The molecule has 2 aliphatic heterocycles. The van der Waals surface area contributed by atoms with Crippen LogP contribution in [0.15, 0.2) is 58.3 Å². The van der Waals surface area contributed by atoms with Gasteiger partial charge in [0, 0.05) is 24.2 Å². The van der Waals surface area contributed by atoms with Crippen LogP contribution in [0.4, 0.5) is 51.4 Å². The van der Waals surface area contributed by atoms with Crippen LogP contribution >= 0.6 is 0 Å². The molecule has 35 heteroatoms. The molecule has 4 aromatic heterocycles. The third-order valence-electron chi connectivity index (χ3n) is 10.3. The number of carbonyl (C=O) groups is 2. The van der Waals surface area contributed by atoms with Crippen molar-refractivity contribution < 1.29 is 106 Å². The largest absolute Gasteiger partial charge is 0.534 e. The second-order valence-corrected chi connectivity index (χ2v) is 23.0. The van der Waals surface area contributed by atoms with Gasteiger partial charge in [-0.15, -0.1) is 3.63 Å². The molecule has 2 unspecified atom stereocenters. The molecule has 6 heterocycles. The maximum absolute atomic E-state index is 12.7. The lowest BCUT2D eigenvalue weighted by Crippen LogP contribution is -2.41. The van der Waals surface area contributed by atoms with Crippen LogP contribution in [-0.2, 0) is 53.0 Å². The van der Waals surface area contributed by atoms with Gasteiger partial charge in [-0.2, -0.15) is 64.8 Å². The van der Waals surface area contributed by atoms with Crippen LogP contribution in [0.5, 0.6) is 11.5 Å². The average molecular weight is 1170 g/mol. The first-order chi connectivity index (χ1) is 34.8. The van der Waals surface area contributed by atoms with E-state index in [1.807, 2.05) is 29.3 Å². The maximum Gasteiger partial charge on any atom is 0.534 e. The number of esters is 2. The van der Waals surface area contributed by atoms with E-state index in [2.05, 4.69) is 34.1 Å². The predicted octanol–water partition coefficient (Wildman–Crippen LogP) is 8.33. The summed E-state index contributed by atoms with van der Waals surface area (Å²) in [7, 11) is -19.6. The van der Waals surface area contributed by atoms with Gasteiger partial charge in [-0.1, -0.05) is 7.43 Å². The number of H-pyrrole nitrogens is 2. The molecule has 0 saturated carbocycles. The van der Waals surface area contributed by atoms with E-state index in [1.165, 1.54) is 18.7 Å². The van der Waals surface area contributed by atoms with E-state index in [1.54, 1.807) is 44.0 Å². The van der Waals surface area contributed by atoms with Crippen LogP contribution < -0.4 is 14.0 Å². The lowest BCUT2D eigenvalue weighted by molar-refractivity contribution is -0.157.